The van der Waals surface area contributed by atoms with Gasteiger partial charge in [-0.2, -0.15) is 0 Å². The molecular weight excluding hydrogens is 499 g/mol. The molecule has 204 valence electrons. The average Bonchev–Trinajstić information content (AvgIpc) is 3.26. The van der Waals surface area contributed by atoms with Gasteiger partial charge in [-0.25, -0.2) is 9.18 Å². The van der Waals surface area contributed by atoms with E-state index in [1.165, 1.54) is 32.0 Å². The van der Waals surface area contributed by atoms with Gasteiger partial charge in [0.1, 0.15) is 11.4 Å². The van der Waals surface area contributed by atoms with Gasteiger partial charge in [0.15, 0.2) is 0 Å². The number of hydrogen-bond acceptors (Lipinski definition) is 6. The minimum absolute atomic E-state index is 0.215. The predicted molar refractivity (Wildman–Crippen MR) is 137 cm³/mol. The smallest absolute Gasteiger partial charge is 0.328 e. The molecule has 11 nitrogen and oxygen atoms in total. The Bertz CT molecular complexity index is 1310. The van der Waals surface area contributed by atoms with Crippen molar-refractivity contribution in [3.05, 3.63) is 52.1 Å². The van der Waals surface area contributed by atoms with E-state index in [1.807, 2.05) is 0 Å². The van der Waals surface area contributed by atoms with Crippen molar-refractivity contribution in [2.75, 3.05) is 11.9 Å². The monoisotopic (exact) mass is 530 g/mol. The summed E-state index contributed by atoms with van der Waals surface area (Å²) in [4.78, 5) is 51.4. The van der Waals surface area contributed by atoms with Crippen molar-refractivity contribution in [2.24, 2.45) is 0 Å². The van der Waals surface area contributed by atoms with Crippen LogP contribution in [-0.4, -0.2) is 68.3 Å². The molecule has 3 amide bonds. The van der Waals surface area contributed by atoms with Gasteiger partial charge in [-0.3, -0.25) is 14.4 Å². The molecule has 0 radical (unpaired) electrons. The Labute approximate surface area is 218 Å². The van der Waals surface area contributed by atoms with E-state index in [0.29, 0.717) is 33.8 Å². The Balaban J connectivity index is 1.62. The van der Waals surface area contributed by atoms with E-state index >= 15 is 0 Å². The molecule has 1 aliphatic rings. The maximum atomic E-state index is 13.7. The molecule has 2 atom stereocenters. The summed E-state index contributed by atoms with van der Waals surface area (Å²) in [6.07, 6.45) is -1.54. The van der Waals surface area contributed by atoms with Crippen LogP contribution in [0.25, 0.3) is 11.6 Å². The highest BCUT2D eigenvalue weighted by Gasteiger charge is 2.30. The van der Waals surface area contributed by atoms with Gasteiger partial charge in [-0.1, -0.05) is 0 Å². The molecule has 2 heterocycles. The van der Waals surface area contributed by atoms with Crippen molar-refractivity contribution in [3.8, 4) is 0 Å². The Morgan fingerprint density at radius 1 is 1.16 bits per heavy atom. The number of aromatic amines is 1. The molecule has 2 aromatic rings. The van der Waals surface area contributed by atoms with Crippen LogP contribution in [0.1, 0.15) is 59.6 Å². The van der Waals surface area contributed by atoms with Gasteiger partial charge in [0.25, 0.3) is 11.8 Å². The maximum absolute atomic E-state index is 13.7. The number of carbonyl (C=O) groups is 4. The van der Waals surface area contributed by atoms with Crippen molar-refractivity contribution in [2.45, 2.75) is 58.3 Å². The van der Waals surface area contributed by atoms with Crippen molar-refractivity contribution < 1.29 is 38.9 Å². The molecule has 3 rings (SSSR count). The number of carbonyl (C=O) groups excluding carboxylic acids is 3. The zero-order chi connectivity index (χ0) is 28.4. The quantitative estimate of drug-likeness (QED) is 0.227. The number of H-pyrrole nitrogens is 1. The van der Waals surface area contributed by atoms with Crippen LogP contribution in [0.4, 0.5) is 10.1 Å². The average molecular weight is 531 g/mol. The van der Waals surface area contributed by atoms with Crippen LogP contribution in [0.5, 0.6) is 0 Å². The number of carboxylic acids is 1. The highest BCUT2D eigenvalue weighted by atomic mass is 19.1. The Morgan fingerprint density at radius 2 is 1.84 bits per heavy atom. The third kappa shape index (κ3) is 6.45. The van der Waals surface area contributed by atoms with Crippen molar-refractivity contribution in [1.82, 2.24) is 15.6 Å². The minimum atomic E-state index is -1.51. The Kier molecular flexibility index (Phi) is 8.38. The summed E-state index contributed by atoms with van der Waals surface area (Å²) in [5.74, 6) is -3.31. The summed E-state index contributed by atoms with van der Waals surface area (Å²) >= 11 is 0. The number of aryl methyl sites for hydroxylation is 1. The number of amides is 3. The second-order valence-corrected chi connectivity index (χ2v) is 9.80. The van der Waals surface area contributed by atoms with E-state index in [4.69, 9.17) is 5.11 Å². The summed E-state index contributed by atoms with van der Waals surface area (Å²) in [5, 5.41) is 36.9. The van der Waals surface area contributed by atoms with Crippen LogP contribution in [0.3, 0.4) is 0 Å². The van der Waals surface area contributed by atoms with Crippen LogP contribution < -0.4 is 16.0 Å². The standard InChI is InChI=1S/C26H31FN4O7/c1-12-20(10-18-17-7-14(27)5-6-19(17)30-23(18)35)29-13(2)22(12)24(36)28-11-16(33)8-15(32)9-21(34)31-26(3,4)25(37)38/h5-7,10,15-16,29,32-33H,8-9,11H2,1-4H3,(H,28,36)(H,30,35)(H,31,34)(H,37,38)/b18-10-/t15-,16+/m1/s1. The molecule has 0 fully saturated rings. The highest BCUT2D eigenvalue weighted by molar-refractivity contribution is 6.34. The first-order chi connectivity index (χ1) is 17.7. The van der Waals surface area contributed by atoms with E-state index in [2.05, 4.69) is 20.9 Å². The third-order valence-electron chi connectivity index (χ3n) is 6.21. The molecule has 1 aliphatic heterocycles. The number of carboxylic acid groups (broad SMARTS) is 1. The molecule has 12 heteroatoms. The lowest BCUT2D eigenvalue weighted by molar-refractivity contribution is -0.146. The highest BCUT2D eigenvalue weighted by Crippen LogP contribution is 2.34. The summed E-state index contributed by atoms with van der Waals surface area (Å²) in [6.45, 7) is 5.75. The number of fused-ring (bicyclic) bond motifs is 1. The lowest BCUT2D eigenvalue weighted by Gasteiger charge is -2.22. The summed E-state index contributed by atoms with van der Waals surface area (Å²) in [5.41, 5.74) is 1.48. The van der Waals surface area contributed by atoms with Gasteiger partial charge < -0.3 is 36.3 Å². The number of aliphatic hydroxyl groups excluding tert-OH is 2. The molecule has 38 heavy (non-hydrogen) atoms. The van der Waals surface area contributed by atoms with Crippen LogP contribution in [0, 0.1) is 19.7 Å². The van der Waals surface area contributed by atoms with Crippen LogP contribution in [-0.2, 0) is 14.4 Å². The fourth-order valence-corrected chi connectivity index (χ4v) is 4.15. The largest absolute Gasteiger partial charge is 0.480 e. The number of rotatable bonds is 10. The van der Waals surface area contributed by atoms with Gasteiger partial charge in [0.05, 0.1) is 29.8 Å². The normalized spacial score (nSPS) is 15.6. The number of aliphatic hydroxyl groups is 2. The number of nitrogens with one attached hydrogen (secondary N) is 4. The molecule has 1 aromatic heterocycles. The second kappa shape index (κ2) is 11.2. The SMILES string of the molecule is Cc1[nH]c(/C=C2\C(=O)Nc3ccc(F)cc32)c(C)c1C(=O)NC[C@@H](O)C[C@@H](O)CC(=O)NC(C)(C)C(=O)O. The van der Waals surface area contributed by atoms with Crippen LogP contribution in [0.15, 0.2) is 18.2 Å². The molecule has 0 saturated carbocycles. The Hall–Kier alpha value is -4.03. The van der Waals surface area contributed by atoms with Gasteiger partial charge in [0, 0.05) is 35.6 Å². The van der Waals surface area contributed by atoms with Gasteiger partial charge >= 0.3 is 5.97 Å². The molecule has 0 saturated heterocycles. The number of aliphatic carboxylic acids is 1. The fourth-order valence-electron chi connectivity index (χ4n) is 4.15. The number of aromatic nitrogens is 1. The summed E-state index contributed by atoms with van der Waals surface area (Å²) in [6, 6.07) is 3.97. The number of benzene rings is 1. The van der Waals surface area contributed by atoms with E-state index in [0.717, 1.165) is 0 Å². The van der Waals surface area contributed by atoms with Crippen LogP contribution >= 0.6 is 0 Å². The topological polar surface area (TPSA) is 181 Å². The lowest BCUT2D eigenvalue weighted by Crippen LogP contribution is -2.50. The summed E-state index contributed by atoms with van der Waals surface area (Å²) < 4.78 is 13.7. The van der Waals surface area contributed by atoms with Crippen LogP contribution in [0.2, 0.25) is 0 Å². The molecule has 0 bridgehead atoms. The van der Waals surface area contributed by atoms with Crippen molar-refractivity contribution >= 4 is 41.0 Å². The first-order valence-corrected chi connectivity index (χ1v) is 11.9. The van der Waals surface area contributed by atoms with E-state index in [9.17, 15) is 33.8 Å². The maximum Gasteiger partial charge on any atom is 0.328 e. The molecule has 0 spiro atoms. The second-order valence-electron chi connectivity index (χ2n) is 9.80. The van der Waals surface area contributed by atoms with Gasteiger partial charge in [0.2, 0.25) is 5.91 Å². The lowest BCUT2D eigenvalue weighted by atomic mass is 10.0. The van der Waals surface area contributed by atoms with E-state index in [-0.39, 0.29) is 18.5 Å². The zero-order valence-electron chi connectivity index (χ0n) is 21.4. The zero-order valence-corrected chi connectivity index (χ0v) is 21.4. The number of anilines is 1. The molecule has 0 aliphatic carbocycles. The predicted octanol–water partition coefficient (Wildman–Crippen LogP) is 1.47. The molecule has 0 unspecified atom stereocenters. The fraction of sp³-hybridized carbons (Fsp3) is 0.385. The first-order valence-electron chi connectivity index (χ1n) is 11.9. The number of hydrogen-bond donors (Lipinski definition) is 7. The minimum Gasteiger partial charge on any atom is -0.480 e. The first kappa shape index (κ1) is 28.5. The van der Waals surface area contributed by atoms with Crippen molar-refractivity contribution in [1.29, 1.82) is 0 Å². The summed E-state index contributed by atoms with van der Waals surface area (Å²) in [7, 11) is 0. The third-order valence-corrected chi connectivity index (χ3v) is 6.21. The number of halogens is 1. The molecule has 7 N–H and O–H groups in total. The van der Waals surface area contributed by atoms with Gasteiger partial charge in [-0.05, 0) is 57.5 Å². The Morgan fingerprint density at radius 3 is 2.50 bits per heavy atom. The van der Waals surface area contributed by atoms with Crippen molar-refractivity contribution in [3.63, 3.8) is 0 Å². The van der Waals surface area contributed by atoms with Gasteiger partial charge in [-0.15, -0.1) is 0 Å². The molecular formula is C26H31FN4O7. The van der Waals surface area contributed by atoms with E-state index in [1.54, 1.807) is 19.9 Å². The van der Waals surface area contributed by atoms with E-state index < -0.39 is 53.7 Å². The molecule has 1 aromatic carbocycles.